The molecule has 0 radical (unpaired) electrons. The van der Waals surface area contributed by atoms with Crippen molar-refractivity contribution in [1.82, 2.24) is 10.2 Å². The van der Waals surface area contributed by atoms with Crippen molar-refractivity contribution in [2.75, 3.05) is 17.4 Å². The van der Waals surface area contributed by atoms with E-state index in [-0.39, 0.29) is 29.5 Å². The average Bonchev–Trinajstić information content (AvgIpc) is 3.03. The van der Waals surface area contributed by atoms with Gasteiger partial charge in [-0.2, -0.15) is 0 Å². The fourth-order valence-electron chi connectivity index (χ4n) is 4.75. The van der Waals surface area contributed by atoms with Crippen LogP contribution in [-0.2, 0) is 32.6 Å². The van der Waals surface area contributed by atoms with E-state index in [0.29, 0.717) is 22.2 Å². The number of nitrogens with one attached hydrogen (secondary N) is 1. The summed E-state index contributed by atoms with van der Waals surface area (Å²) in [5.41, 5.74) is 1.83. The van der Waals surface area contributed by atoms with E-state index >= 15 is 0 Å². The molecule has 0 bridgehead atoms. The molecule has 2 amide bonds. The van der Waals surface area contributed by atoms with E-state index in [1.54, 1.807) is 60.7 Å². The van der Waals surface area contributed by atoms with E-state index < -0.39 is 28.5 Å². The third-order valence-corrected chi connectivity index (χ3v) is 9.34. The van der Waals surface area contributed by atoms with Gasteiger partial charge in [0.1, 0.15) is 12.6 Å². The molecule has 0 spiro atoms. The number of unbranched alkanes of at least 4 members (excludes halogenated alkanes) is 1. The van der Waals surface area contributed by atoms with Gasteiger partial charge in [0.2, 0.25) is 11.8 Å². The molecule has 4 rings (SSSR count). The van der Waals surface area contributed by atoms with Gasteiger partial charge in [0, 0.05) is 29.6 Å². The molecule has 0 unspecified atom stereocenters. The molecular formula is C34H35Cl2N3O4S. The maximum atomic E-state index is 14.4. The summed E-state index contributed by atoms with van der Waals surface area (Å²) in [7, 11) is -4.18. The Morgan fingerprint density at radius 1 is 0.795 bits per heavy atom. The summed E-state index contributed by atoms with van der Waals surface area (Å²) in [6, 6.07) is 29.7. The van der Waals surface area contributed by atoms with Crippen LogP contribution in [0.2, 0.25) is 10.0 Å². The first kappa shape index (κ1) is 33.1. The minimum atomic E-state index is -4.18. The van der Waals surface area contributed by atoms with Crippen LogP contribution >= 0.6 is 23.2 Å². The smallest absolute Gasteiger partial charge is 0.264 e. The van der Waals surface area contributed by atoms with E-state index in [9.17, 15) is 18.0 Å². The third kappa shape index (κ3) is 8.85. The lowest BCUT2D eigenvalue weighted by molar-refractivity contribution is -0.140. The molecular weight excluding hydrogens is 617 g/mol. The van der Waals surface area contributed by atoms with Gasteiger partial charge in [-0.3, -0.25) is 13.9 Å². The summed E-state index contributed by atoms with van der Waals surface area (Å²) < 4.78 is 29.0. The Balaban J connectivity index is 1.78. The van der Waals surface area contributed by atoms with Crippen LogP contribution in [0.1, 0.15) is 30.9 Å². The second-order valence-electron chi connectivity index (χ2n) is 10.3. The lowest BCUT2D eigenvalue weighted by atomic mass is 10.0. The van der Waals surface area contributed by atoms with Gasteiger partial charge < -0.3 is 10.2 Å². The number of carbonyl (C=O) groups excluding carboxylic acids is 2. The fourth-order valence-corrected chi connectivity index (χ4v) is 6.52. The second-order valence-corrected chi connectivity index (χ2v) is 13.0. The Labute approximate surface area is 269 Å². The molecule has 0 saturated carbocycles. The molecule has 0 aliphatic heterocycles. The van der Waals surface area contributed by atoms with Crippen molar-refractivity contribution in [1.29, 1.82) is 0 Å². The van der Waals surface area contributed by atoms with Crippen LogP contribution in [0.5, 0.6) is 0 Å². The predicted molar refractivity (Wildman–Crippen MR) is 176 cm³/mol. The highest BCUT2D eigenvalue weighted by atomic mass is 35.5. The number of carbonyl (C=O) groups is 2. The number of hydrogen-bond acceptors (Lipinski definition) is 4. The number of sulfonamides is 1. The molecule has 44 heavy (non-hydrogen) atoms. The largest absolute Gasteiger partial charge is 0.354 e. The first-order chi connectivity index (χ1) is 21.2. The molecule has 0 aliphatic rings. The Bertz CT molecular complexity index is 1640. The van der Waals surface area contributed by atoms with Gasteiger partial charge in [-0.15, -0.1) is 0 Å². The Morgan fingerprint density at radius 3 is 2.07 bits per heavy atom. The van der Waals surface area contributed by atoms with Gasteiger partial charge in [0.25, 0.3) is 10.0 Å². The summed E-state index contributed by atoms with van der Waals surface area (Å²) in [6.07, 6.45) is 1.91. The fraction of sp³-hybridized carbons (Fsp3) is 0.235. The van der Waals surface area contributed by atoms with Gasteiger partial charge >= 0.3 is 0 Å². The summed E-state index contributed by atoms with van der Waals surface area (Å²) in [4.78, 5) is 29.6. The molecule has 0 saturated heterocycles. The monoisotopic (exact) mass is 651 g/mol. The first-order valence-corrected chi connectivity index (χ1v) is 16.6. The molecule has 7 nitrogen and oxygen atoms in total. The van der Waals surface area contributed by atoms with E-state index in [1.165, 1.54) is 17.0 Å². The van der Waals surface area contributed by atoms with Crippen LogP contribution in [0.25, 0.3) is 0 Å². The maximum Gasteiger partial charge on any atom is 0.264 e. The highest BCUT2D eigenvalue weighted by molar-refractivity contribution is 7.92. The zero-order chi connectivity index (χ0) is 31.5. The van der Waals surface area contributed by atoms with Crippen molar-refractivity contribution in [3.63, 3.8) is 0 Å². The van der Waals surface area contributed by atoms with E-state index in [2.05, 4.69) is 5.32 Å². The minimum absolute atomic E-state index is 0.0299. The van der Waals surface area contributed by atoms with Gasteiger partial charge in [-0.05, 0) is 66.1 Å². The van der Waals surface area contributed by atoms with E-state index in [0.717, 1.165) is 22.7 Å². The predicted octanol–water partition coefficient (Wildman–Crippen LogP) is 6.75. The quantitative estimate of drug-likeness (QED) is 0.153. The summed E-state index contributed by atoms with van der Waals surface area (Å²) in [6.45, 7) is 1.98. The van der Waals surface area contributed by atoms with Crippen molar-refractivity contribution < 1.29 is 18.0 Å². The van der Waals surface area contributed by atoms with Crippen LogP contribution in [-0.4, -0.2) is 44.3 Å². The van der Waals surface area contributed by atoms with Crippen molar-refractivity contribution in [3.05, 3.63) is 130 Å². The van der Waals surface area contributed by atoms with Gasteiger partial charge in [-0.25, -0.2) is 8.42 Å². The molecule has 0 fully saturated rings. The Kier molecular flexibility index (Phi) is 11.8. The van der Waals surface area contributed by atoms with Gasteiger partial charge in [0.05, 0.1) is 10.6 Å². The highest BCUT2D eigenvalue weighted by Gasteiger charge is 2.34. The zero-order valence-corrected chi connectivity index (χ0v) is 26.7. The number of rotatable bonds is 14. The average molecular weight is 653 g/mol. The zero-order valence-electron chi connectivity index (χ0n) is 24.4. The highest BCUT2D eigenvalue weighted by Crippen LogP contribution is 2.26. The molecule has 0 heterocycles. The summed E-state index contributed by atoms with van der Waals surface area (Å²) >= 11 is 12.4. The lowest BCUT2D eigenvalue weighted by Crippen LogP contribution is -2.53. The molecule has 0 aliphatic carbocycles. The number of anilines is 1. The molecule has 4 aromatic rings. The number of benzene rings is 4. The molecule has 10 heteroatoms. The number of amides is 2. The second kappa shape index (κ2) is 15.7. The van der Waals surface area contributed by atoms with Crippen molar-refractivity contribution >= 4 is 50.7 Å². The van der Waals surface area contributed by atoms with Crippen LogP contribution in [0.3, 0.4) is 0 Å². The lowest BCUT2D eigenvalue weighted by Gasteiger charge is -2.34. The summed E-state index contributed by atoms with van der Waals surface area (Å²) in [5, 5.41) is 3.88. The Morgan fingerprint density at radius 2 is 1.43 bits per heavy atom. The molecule has 230 valence electrons. The summed E-state index contributed by atoms with van der Waals surface area (Å²) in [5.74, 6) is -0.868. The van der Waals surface area contributed by atoms with Crippen molar-refractivity contribution in [2.24, 2.45) is 0 Å². The van der Waals surface area contributed by atoms with E-state index in [1.807, 2.05) is 43.3 Å². The number of nitrogens with zero attached hydrogens (tertiary/aromatic N) is 2. The van der Waals surface area contributed by atoms with Gasteiger partial charge in [0.15, 0.2) is 0 Å². The standard InChI is InChI=1S/C34H35Cl2N3O4S/c1-2-3-21-37-34(41)32(23-26-11-6-4-7-12-26)38(24-27-13-10-14-29(36)22-27)33(40)25-39(30-19-17-28(35)18-20-30)44(42,43)31-15-8-5-9-16-31/h4-20,22,32H,2-3,21,23-25H2,1H3,(H,37,41)/t32-/m1/s1. The minimum Gasteiger partial charge on any atom is -0.354 e. The normalized spacial score (nSPS) is 11.9. The molecule has 1 N–H and O–H groups in total. The van der Waals surface area contributed by atoms with E-state index in [4.69, 9.17) is 23.2 Å². The molecule has 1 atom stereocenters. The third-order valence-electron chi connectivity index (χ3n) is 7.07. The molecule has 4 aromatic carbocycles. The van der Waals surface area contributed by atoms with Crippen molar-refractivity contribution in [2.45, 2.75) is 43.7 Å². The maximum absolute atomic E-state index is 14.4. The first-order valence-electron chi connectivity index (χ1n) is 14.4. The van der Waals surface area contributed by atoms with Crippen molar-refractivity contribution in [3.8, 4) is 0 Å². The van der Waals surface area contributed by atoms with Crippen LogP contribution < -0.4 is 9.62 Å². The Hall–Kier alpha value is -3.85. The number of halogens is 2. The molecule has 0 aromatic heterocycles. The topological polar surface area (TPSA) is 86.8 Å². The number of hydrogen-bond donors (Lipinski definition) is 1. The van der Waals surface area contributed by atoms with Gasteiger partial charge in [-0.1, -0.05) is 97.2 Å². The van der Waals surface area contributed by atoms with Crippen LogP contribution in [0.15, 0.2) is 114 Å². The van der Waals surface area contributed by atoms with Crippen LogP contribution in [0.4, 0.5) is 5.69 Å². The SMILES string of the molecule is CCCCNC(=O)[C@@H](Cc1ccccc1)N(Cc1cccc(Cl)c1)C(=O)CN(c1ccc(Cl)cc1)S(=O)(=O)c1ccccc1. The van der Waals surface area contributed by atoms with Crippen LogP contribution in [0, 0.1) is 0 Å².